The van der Waals surface area contributed by atoms with Crippen molar-refractivity contribution in [2.75, 3.05) is 32.7 Å². The van der Waals surface area contributed by atoms with Crippen LogP contribution in [0.3, 0.4) is 0 Å². The van der Waals surface area contributed by atoms with E-state index >= 15 is 0 Å². The fourth-order valence-electron chi connectivity index (χ4n) is 3.19. The number of halogens is 2. The Hall–Kier alpha value is -2.44. The van der Waals surface area contributed by atoms with Gasteiger partial charge < -0.3 is 10.2 Å². The molecule has 1 aliphatic heterocycles. The number of benzene rings is 2. The monoisotopic (exact) mass is 403 g/mol. The van der Waals surface area contributed by atoms with Crippen molar-refractivity contribution < 1.29 is 14.0 Å². The first-order valence-corrected chi connectivity index (χ1v) is 9.67. The van der Waals surface area contributed by atoms with Crippen molar-refractivity contribution in [3.05, 3.63) is 70.5 Å². The van der Waals surface area contributed by atoms with Crippen molar-refractivity contribution in [1.82, 2.24) is 15.1 Å². The second kappa shape index (κ2) is 9.66. The molecule has 1 heterocycles. The molecule has 0 spiro atoms. The normalized spacial score (nSPS) is 14.7. The van der Waals surface area contributed by atoms with Crippen LogP contribution in [0.2, 0.25) is 5.02 Å². The van der Waals surface area contributed by atoms with Gasteiger partial charge in [-0.3, -0.25) is 14.5 Å². The van der Waals surface area contributed by atoms with Gasteiger partial charge in [-0.15, -0.1) is 0 Å². The summed E-state index contributed by atoms with van der Waals surface area (Å²) in [7, 11) is 0. The third-order valence-electron chi connectivity index (χ3n) is 4.75. The van der Waals surface area contributed by atoms with Crippen LogP contribution in [0.15, 0.2) is 48.5 Å². The molecule has 1 saturated heterocycles. The van der Waals surface area contributed by atoms with E-state index < -0.39 is 0 Å². The quantitative estimate of drug-likeness (QED) is 0.806. The van der Waals surface area contributed by atoms with Gasteiger partial charge in [0.1, 0.15) is 5.82 Å². The van der Waals surface area contributed by atoms with E-state index in [-0.39, 0.29) is 30.6 Å². The Morgan fingerprint density at radius 1 is 1.04 bits per heavy atom. The van der Waals surface area contributed by atoms with Crippen molar-refractivity contribution in [1.29, 1.82) is 0 Å². The van der Waals surface area contributed by atoms with E-state index in [9.17, 15) is 14.0 Å². The van der Waals surface area contributed by atoms with Gasteiger partial charge in [-0.1, -0.05) is 23.7 Å². The number of nitrogens with zero attached hydrogens (tertiary/aromatic N) is 2. The van der Waals surface area contributed by atoms with Crippen molar-refractivity contribution in [2.45, 2.75) is 13.0 Å². The maximum Gasteiger partial charge on any atom is 0.251 e. The fraction of sp³-hybridized carbons (Fsp3) is 0.333. The summed E-state index contributed by atoms with van der Waals surface area (Å²) >= 11 is 6.03. The zero-order valence-corrected chi connectivity index (χ0v) is 16.3. The first-order valence-electron chi connectivity index (χ1n) is 9.29. The maximum atomic E-state index is 12.9. The largest absolute Gasteiger partial charge is 0.352 e. The molecule has 0 aromatic heterocycles. The highest BCUT2D eigenvalue weighted by Crippen LogP contribution is 2.14. The molecule has 7 heteroatoms. The van der Waals surface area contributed by atoms with Gasteiger partial charge in [0.2, 0.25) is 5.91 Å². The summed E-state index contributed by atoms with van der Waals surface area (Å²) in [5.74, 6) is -0.665. The van der Waals surface area contributed by atoms with Gasteiger partial charge in [-0.05, 0) is 42.0 Å². The van der Waals surface area contributed by atoms with Crippen LogP contribution in [0, 0.1) is 5.82 Å². The minimum atomic E-state index is -0.388. The van der Waals surface area contributed by atoms with Crippen LogP contribution in [0.5, 0.6) is 0 Å². The topological polar surface area (TPSA) is 52.7 Å². The number of hydrogen-bond donors (Lipinski definition) is 1. The maximum absolute atomic E-state index is 12.9. The summed E-state index contributed by atoms with van der Waals surface area (Å²) in [6, 6.07) is 13.1. The van der Waals surface area contributed by atoms with E-state index in [0.717, 1.165) is 30.2 Å². The molecule has 3 rings (SSSR count). The molecule has 0 unspecified atom stereocenters. The third-order valence-corrected chi connectivity index (χ3v) is 4.99. The summed E-state index contributed by atoms with van der Waals surface area (Å²) < 4.78 is 12.9. The lowest BCUT2D eigenvalue weighted by Crippen LogP contribution is -2.48. The predicted molar refractivity (Wildman–Crippen MR) is 107 cm³/mol. The van der Waals surface area contributed by atoms with Crippen LogP contribution in [-0.4, -0.2) is 54.3 Å². The Morgan fingerprint density at radius 2 is 1.75 bits per heavy atom. The number of piperazine rings is 1. The standard InChI is InChI=1S/C21H23ClFN3O2/c22-18-3-1-2-16(14-18)15-25-10-12-26(13-11-25)20(27)8-9-24-21(28)17-4-6-19(23)7-5-17/h1-7,14H,8-13,15H2,(H,24,28). The average Bonchev–Trinajstić information content (AvgIpc) is 2.69. The van der Waals surface area contributed by atoms with Gasteiger partial charge in [0.15, 0.2) is 0 Å². The molecule has 1 N–H and O–H groups in total. The highest BCUT2D eigenvalue weighted by molar-refractivity contribution is 6.30. The van der Waals surface area contributed by atoms with E-state index in [1.165, 1.54) is 24.3 Å². The average molecular weight is 404 g/mol. The van der Waals surface area contributed by atoms with Crippen LogP contribution in [0.4, 0.5) is 4.39 Å². The molecule has 1 fully saturated rings. The van der Waals surface area contributed by atoms with Gasteiger partial charge >= 0.3 is 0 Å². The summed E-state index contributed by atoms with van der Waals surface area (Å²) in [6.07, 6.45) is 0.251. The van der Waals surface area contributed by atoms with Crippen molar-refractivity contribution >= 4 is 23.4 Å². The number of carbonyl (C=O) groups excluding carboxylic acids is 2. The number of hydrogen-bond acceptors (Lipinski definition) is 3. The van der Waals surface area contributed by atoms with Gasteiger partial charge in [0.25, 0.3) is 5.91 Å². The Kier molecular flexibility index (Phi) is 7.01. The van der Waals surface area contributed by atoms with Gasteiger partial charge in [-0.25, -0.2) is 4.39 Å². The molecular formula is C21H23ClFN3O2. The van der Waals surface area contributed by atoms with Crippen molar-refractivity contribution in [2.24, 2.45) is 0 Å². The second-order valence-electron chi connectivity index (χ2n) is 6.80. The number of carbonyl (C=O) groups is 2. The van der Waals surface area contributed by atoms with Gasteiger partial charge in [0.05, 0.1) is 0 Å². The molecule has 0 atom stereocenters. The molecular weight excluding hydrogens is 381 g/mol. The third kappa shape index (κ3) is 5.78. The zero-order chi connectivity index (χ0) is 19.9. The Labute approximate surface area is 169 Å². The van der Waals surface area contributed by atoms with E-state index in [2.05, 4.69) is 10.2 Å². The molecule has 1 aliphatic rings. The van der Waals surface area contributed by atoms with Crippen LogP contribution in [0.1, 0.15) is 22.3 Å². The first-order chi connectivity index (χ1) is 13.5. The van der Waals surface area contributed by atoms with Crippen molar-refractivity contribution in [3.63, 3.8) is 0 Å². The molecule has 0 saturated carbocycles. The molecule has 2 aromatic rings. The molecule has 148 valence electrons. The van der Waals surface area contributed by atoms with E-state index in [4.69, 9.17) is 11.6 Å². The van der Waals surface area contributed by atoms with Crippen molar-refractivity contribution in [3.8, 4) is 0 Å². The second-order valence-corrected chi connectivity index (χ2v) is 7.24. The van der Waals surface area contributed by atoms with Crippen LogP contribution in [-0.2, 0) is 11.3 Å². The molecule has 2 amide bonds. The SMILES string of the molecule is O=C(NCCC(=O)N1CCN(Cc2cccc(Cl)c2)CC1)c1ccc(F)cc1. The van der Waals surface area contributed by atoms with E-state index in [0.29, 0.717) is 18.7 Å². The lowest BCUT2D eigenvalue weighted by Gasteiger charge is -2.34. The van der Waals surface area contributed by atoms with E-state index in [1.54, 1.807) is 0 Å². The van der Waals surface area contributed by atoms with Crippen LogP contribution < -0.4 is 5.32 Å². The lowest BCUT2D eigenvalue weighted by atomic mass is 10.2. The number of amides is 2. The molecule has 2 aromatic carbocycles. The zero-order valence-electron chi connectivity index (χ0n) is 15.5. The minimum Gasteiger partial charge on any atom is -0.352 e. The Morgan fingerprint density at radius 3 is 2.43 bits per heavy atom. The fourth-order valence-corrected chi connectivity index (χ4v) is 3.41. The summed E-state index contributed by atoms with van der Waals surface area (Å²) in [5, 5.41) is 3.43. The number of nitrogens with one attached hydrogen (secondary N) is 1. The minimum absolute atomic E-state index is 0.0295. The predicted octanol–water partition coefficient (Wildman–Crippen LogP) is 2.94. The van der Waals surface area contributed by atoms with Gasteiger partial charge in [-0.2, -0.15) is 0 Å². The van der Waals surface area contributed by atoms with E-state index in [1.807, 2.05) is 29.2 Å². The highest BCUT2D eigenvalue weighted by atomic mass is 35.5. The summed E-state index contributed by atoms with van der Waals surface area (Å²) in [5.41, 5.74) is 1.54. The Balaban J connectivity index is 1.38. The number of rotatable bonds is 6. The van der Waals surface area contributed by atoms with Crippen LogP contribution in [0.25, 0.3) is 0 Å². The molecule has 0 bridgehead atoms. The molecule has 0 aliphatic carbocycles. The van der Waals surface area contributed by atoms with Crippen LogP contribution >= 0.6 is 11.6 Å². The van der Waals surface area contributed by atoms with Gasteiger partial charge in [0, 0.05) is 56.3 Å². The first kappa shape index (κ1) is 20.3. The molecule has 5 nitrogen and oxygen atoms in total. The molecule has 28 heavy (non-hydrogen) atoms. The smallest absolute Gasteiger partial charge is 0.251 e. The highest BCUT2D eigenvalue weighted by Gasteiger charge is 2.21. The molecule has 0 radical (unpaired) electrons. The lowest BCUT2D eigenvalue weighted by molar-refractivity contribution is -0.132. The summed E-state index contributed by atoms with van der Waals surface area (Å²) in [4.78, 5) is 28.5. The summed E-state index contributed by atoms with van der Waals surface area (Å²) in [6.45, 7) is 4.03. The Bertz CT molecular complexity index is 821.